The van der Waals surface area contributed by atoms with Gasteiger partial charge in [-0.25, -0.2) is 4.79 Å². The number of aromatic carboxylic acids is 1. The van der Waals surface area contributed by atoms with Crippen molar-refractivity contribution < 1.29 is 19.4 Å². The lowest BCUT2D eigenvalue weighted by Gasteiger charge is -2.23. The van der Waals surface area contributed by atoms with E-state index >= 15 is 0 Å². The Labute approximate surface area is 121 Å². The molecule has 0 saturated heterocycles. The van der Waals surface area contributed by atoms with Crippen LogP contribution in [0.3, 0.4) is 0 Å². The minimum atomic E-state index is -0.920. The summed E-state index contributed by atoms with van der Waals surface area (Å²) in [4.78, 5) is 11.3. The Morgan fingerprint density at radius 2 is 2.00 bits per heavy atom. The zero-order valence-corrected chi connectivity index (χ0v) is 12.2. The number of hydrogen-bond acceptors (Lipinski definition) is 4. The molecule has 19 heavy (non-hydrogen) atoms. The van der Waals surface area contributed by atoms with Crippen molar-refractivity contribution in [3.05, 3.63) is 45.6 Å². The fraction of sp³-hybridized carbons (Fsp3) is 0.154. The van der Waals surface area contributed by atoms with Gasteiger partial charge in [-0.05, 0) is 39.5 Å². The SMILES string of the molecule is CC1(c2cc(Br)c3sc(C(=O)O)cc3c2)OC=CO1. The molecule has 0 radical (unpaired) electrons. The largest absolute Gasteiger partial charge is 0.477 e. The van der Waals surface area contributed by atoms with Gasteiger partial charge in [-0.15, -0.1) is 11.3 Å². The van der Waals surface area contributed by atoms with Gasteiger partial charge in [0.1, 0.15) is 17.4 Å². The van der Waals surface area contributed by atoms with E-state index in [2.05, 4.69) is 15.9 Å². The van der Waals surface area contributed by atoms with Crippen LogP contribution in [-0.4, -0.2) is 11.1 Å². The van der Waals surface area contributed by atoms with Crippen molar-refractivity contribution in [2.75, 3.05) is 0 Å². The van der Waals surface area contributed by atoms with Crippen molar-refractivity contribution in [3.63, 3.8) is 0 Å². The van der Waals surface area contributed by atoms with Crippen molar-refractivity contribution in [2.24, 2.45) is 0 Å². The summed E-state index contributed by atoms with van der Waals surface area (Å²) in [6, 6.07) is 5.43. The molecule has 98 valence electrons. The highest BCUT2D eigenvalue weighted by atomic mass is 79.9. The van der Waals surface area contributed by atoms with E-state index in [1.807, 2.05) is 19.1 Å². The number of hydrogen-bond donors (Lipinski definition) is 1. The predicted octanol–water partition coefficient (Wildman–Crippen LogP) is 4.05. The van der Waals surface area contributed by atoms with Crippen LogP contribution in [0.15, 0.2) is 35.2 Å². The molecule has 1 aromatic carbocycles. The van der Waals surface area contributed by atoms with Gasteiger partial charge in [0.25, 0.3) is 5.79 Å². The number of thiophene rings is 1. The molecule has 0 bridgehead atoms. The third-order valence-corrected chi connectivity index (χ3v) is 5.01. The minimum absolute atomic E-state index is 0.310. The van der Waals surface area contributed by atoms with Gasteiger partial charge in [0, 0.05) is 21.7 Å². The van der Waals surface area contributed by atoms with E-state index in [9.17, 15) is 4.79 Å². The summed E-state index contributed by atoms with van der Waals surface area (Å²) < 4.78 is 12.6. The van der Waals surface area contributed by atoms with Crippen molar-refractivity contribution in [1.29, 1.82) is 0 Å². The van der Waals surface area contributed by atoms with E-state index < -0.39 is 11.8 Å². The van der Waals surface area contributed by atoms with Gasteiger partial charge < -0.3 is 14.6 Å². The van der Waals surface area contributed by atoms with Gasteiger partial charge in [0.2, 0.25) is 0 Å². The highest BCUT2D eigenvalue weighted by Gasteiger charge is 2.33. The summed E-state index contributed by atoms with van der Waals surface area (Å²) in [5.74, 6) is -1.78. The lowest BCUT2D eigenvalue weighted by Crippen LogP contribution is -2.22. The van der Waals surface area contributed by atoms with E-state index in [0.717, 1.165) is 20.1 Å². The second-order valence-electron chi connectivity index (χ2n) is 4.25. The summed E-state index contributed by atoms with van der Waals surface area (Å²) in [5, 5.41) is 9.90. The number of ether oxygens (including phenoxy) is 2. The van der Waals surface area contributed by atoms with Crippen molar-refractivity contribution in [1.82, 2.24) is 0 Å². The summed E-state index contributed by atoms with van der Waals surface area (Å²) in [6.07, 6.45) is 2.99. The smallest absolute Gasteiger partial charge is 0.345 e. The minimum Gasteiger partial charge on any atom is -0.477 e. The van der Waals surface area contributed by atoms with E-state index in [4.69, 9.17) is 14.6 Å². The number of carboxylic acid groups (broad SMARTS) is 1. The molecule has 0 atom stereocenters. The van der Waals surface area contributed by atoms with E-state index in [-0.39, 0.29) is 0 Å². The maximum Gasteiger partial charge on any atom is 0.345 e. The maximum absolute atomic E-state index is 11.0. The number of fused-ring (bicyclic) bond motifs is 1. The first-order valence-electron chi connectivity index (χ1n) is 5.47. The molecule has 6 heteroatoms. The monoisotopic (exact) mass is 340 g/mol. The van der Waals surface area contributed by atoms with Crippen LogP contribution in [0.2, 0.25) is 0 Å². The highest BCUT2D eigenvalue weighted by molar-refractivity contribution is 9.10. The molecular weight excluding hydrogens is 332 g/mol. The molecule has 4 nitrogen and oxygen atoms in total. The first kappa shape index (κ1) is 12.5. The lowest BCUT2D eigenvalue weighted by molar-refractivity contribution is -0.133. The molecule has 3 rings (SSSR count). The zero-order chi connectivity index (χ0) is 13.6. The Kier molecular flexibility index (Phi) is 2.79. The molecule has 1 aliphatic rings. The predicted molar refractivity (Wildman–Crippen MR) is 75.1 cm³/mol. The summed E-state index contributed by atoms with van der Waals surface area (Å²) in [6.45, 7) is 1.81. The second kappa shape index (κ2) is 4.25. The van der Waals surface area contributed by atoms with E-state index in [1.54, 1.807) is 6.07 Å². The average Bonchev–Trinajstić information content (AvgIpc) is 2.96. The van der Waals surface area contributed by atoms with Gasteiger partial charge in [-0.1, -0.05) is 0 Å². The number of carboxylic acids is 1. The molecule has 2 aromatic rings. The molecule has 1 aliphatic heterocycles. The van der Waals surface area contributed by atoms with Crippen molar-refractivity contribution in [2.45, 2.75) is 12.7 Å². The number of benzene rings is 1. The molecule has 0 saturated carbocycles. The van der Waals surface area contributed by atoms with Crippen molar-refractivity contribution in [3.8, 4) is 0 Å². The Bertz CT molecular complexity index is 696. The van der Waals surface area contributed by atoms with Gasteiger partial charge in [-0.2, -0.15) is 0 Å². The topological polar surface area (TPSA) is 55.8 Å². The molecule has 2 heterocycles. The molecular formula is C13H9BrO4S. The average molecular weight is 341 g/mol. The Morgan fingerprint density at radius 1 is 1.32 bits per heavy atom. The van der Waals surface area contributed by atoms with Gasteiger partial charge in [0.05, 0.1) is 0 Å². The van der Waals surface area contributed by atoms with Crippen LogP contribution in [0.25, 0.3) is 10.1 Å². The van der Waals surface area contributed by atoms with Crippen LogP contribution in [-0.2, 0) is 15.3 Å². The van der Waals surface area contributed by atoms with Crippen LogP contribution in [0.4, 0.5) is 0 Å². The number of rotatable bonds is 2. The fourth-order valence-corrected chi connectivity index (χ4v) is 3.56. The Balaban J connectivity index is 2.16. The van der Waals surface area contributed by atoms with Gasteiger partial charge in [-0.3, -0.25) is 0 Å². The van der Waals surface area contributed by atoms with Gasteiger partial charge in [0.15, 0.2) is 0 Å². The molecule has 0 unspecified atom stereocenters. The van der Waals surface area contributed by atoms with E-state index in [0.29, 0.717) is 4.88 Å². The van der Waals surface area contributed by atoms with Crippen LogP contribution >= 0.6 is 27.3 Å². The van der Waals surface area contributed by atoms with Crippen LogP contribution < -0.4 is 0 Å². The summed E-state index contributed by atoms with van der Waals surface area (Å²) in [7, 11) is 0. The number of halogens is 1. The molecule has 0 aliphatic carbocycles. The number of carbonyl (C=O) groups is 1. The fourth-order valence-electron chi connectivity index (χ4n) is 1.96. The third kappa shape index (κ3) is 2.01. The van der Waals surface area contributed by atoms with Crippen LogP contribution in [0.5, 0.6) is 0 Å². The summed E-state index contributed by atoms with van der Waals surface area (Å²) >= 11 is 4.71. The zero-order valence-electron chi connectivity index (χ0n) is 9.84. The molecule has 1 aromatic heterocycles. The quantitative estimate of drug-likeness (QED) is 0.895. The van der Waals surface area contributed by atoms with E-state index in [1.165, 1.54) is 23.9 Å². The molecule has 0 amide bonds. The highest BCUT2D eigenvalue weighted by Crippen LogP contribution is 2.39. The van der Waals surface area contributed by atoms with Crippen molar-refractivity contribution >= 4 is 43.3 Å². The molecule has 1 N–H and O–H groups in total. The first-order chi connectivity index (χ1) is 8.99. The maximum atomic E-state index is 11.0. The molecule has 0 spiro atoms. The lowest BCUT2D eigenvalue weighted by atomic mass is 10.1. The Morgan fingerprint density at radius 3 is 2.63 bits per heavy atom. The standard InChI is InChI=1S/C13H9BrO4S/c1-13(17-2-3-18-13)8-4-7-5-10(12(15)16)19-11(7)9(14)6-8/h2-6H,1H3,(H,15,16). The third-order valence-electron chi connectivity index (χ3n) is 2.95. The van der Waals surface area contributed by atoms with Crippen LogP contribution in [0, 0.1) is 0 Å². The first-order valence-corrected chi connectivity index (χ1v) is 7.08. The second-order valence-corrected chi connectivity index (χ2v) is 6.15. The summed E-state index contributed by atoms with van der Waals surface area (Å²) in [5.41, 5.74) is 0.826. The normalized spacial score (nSPS) is 16.3. The van der Waals surface area contributed by atoms with Crippen LogP contribution in [0.1, 0.15) is 22.2 Å². The molecule has 0 fully saturated rings. The Hall–Kier alpha value is -1.53. The van der Waals surface area contributed by atoms with Gasteiger partial charge >= 0.3 is 5.97 Å².